The molecule has 0 bridgehead atoms. The molecule has 0 aliphatic rings. The van der Waals surface area contributed by atoms with Crippen LogP contribution in [-0.2, 0) is 17.9 Å². The smallest absolute Gasteiger partial charge is 0.261 e. The maximum Gasteiger partial charge on any atom is 0.261 e. The molecule has 0 aliphatic heterocycles. The summed E-state index contributed by atoms with van der Waals surface area (Å²) in [7, 11) is 0. The molecular formula is C19H18FN3O2. The number of carbonyl (C=O) groups is 1. The normalized spacial score (nSPS) is 10.8. The molecule has 128 valence electrons. The molecule has 0 saturated heterocycles. The molecule has 0 atom stereocenters. The van der Waals surface area contributed by atoms with Gasteiger partial charge in [0.15, 0.2) is 0 Å². The first-order chi connectivity index (χ1) is 12.0. The number of nitrogens with zero attached hydrogens (tertiary/aromatic N) is 2. The Bertz CT molecular complexity index is 965. The van der Waals surface area contributed by atoms with Gasteiger partial charge in [-0.25, -0.2) is 9.37 Å². The van der Waals surface area contributed by atoms with E-state index in [1.54, 1.807) is 18.2 Å². The Labute approximate surface area is 144 Å². The van der Waals surface area contributed by atoms with E-state index in [9.17, 15) is 14.0 Å². The van der Waals surface area contributed by atoms with Crippen molar-refractivity contribution in [1.82, 2.24) is 14.9 Å². The summed E-state index contributed by atoms with van der Waals surface area (Å²) in [6.07, 6.45) is 1.64. The van der Waals surface area contributed by atoms with E-state index in [1.807, 2.05) is 19.1 Å². The largest absolute Gasteiger partial charge is 0.352 e. The topological polar surface area (TPSA) is 64.0 Å². The summed E-state index contributed by atoms with van der Waals surface area (Å²) >= 11 is 0. The third kappa shape index (κ3) is 3.91. The van der Waals surface area contributed by atoms with Crippen LogP contribution in [0.15, 0.2) is 53.6 Å². The number of carbonyl (C=O) groups excluding carboxylic acids is 1. The molecule has 25 heavy (non-hydrogen) atoms. The average molecular weight is 339 g/mol. The molecular weight excluding hydrogens is 321 g/mol. The van der Waals surface area contributed by atoms with Crippen molar-refractivity contribution in [2.75, 3.05) is 0 Å². The molecule has 1 aromatic heterocycles. The van der Waals surface area contributed by atoms with Gasteiger partial charge in [0.1, 0.15) is 5.82 Å². The first-order valence-electron chi connectivity index (χ1n) is 8.00. The second-order valence-electron chi connectivity index (χ2n) is 5.87. The van der Waals surface area contributed by atoms with Crippen molar-refractivity contribution in [2.24, 2.45) is 0 Å². The zero-order valence-corrected chi connectivity index (χ0v) is 13.8. The van der Waals surface area contributed by atoms with E-state index < -0.39 is 0 Å². The molecule has 1 N–H and O–H groups in total. The minimum Gasteiger partial charge on any atom is -0.352 e. The summed E-state index contributed by atoms with van der Waals surface area (Å²) in [5.41, 5.74) is 2.29. The number of nitrogens with one attached hydrogen (secondary N) is 1. The van der Waals surface area contributed by atoms with Gasteiger partial charge in [-0.15, -0.1) is 0 Å². The maximum absolute atomic E-state index is 12.8. The zero-order chi connectivity index (χ0) is 17.8. The first-order valence-corrected chi connectivity index (χ1v) is 8.00. The van der Waals surface area contributed by atoms with E-state index in [-0.39, 0.29) is 30.2 Å². The number of rotatable bonds is 5. The fourth-order valence-electron chi connectivity index (χ4n) is 2.61. The molecule has 2 aromatic carbocycles. The predicted molar refractivity (Wildman–Crippen MR) is 93.6 cm³/mol. The van der Waals surface area contributed by atoms with Crippen LogP contribution < -0.4 is 10.9 Å². The zero-order valence-electron chi connectivity index (χ0n) is 13.8. The highest BCUT2D eigenvalue weighted by Gasteiger charge is 2.08. The van der Waals surface area contributed by atoms with Crippen molar-refractivity contribution >= 4 is 16.8 Å². The van der Waals surface area contributed by atoms with Crippen molar-refractivity contribution < 1.29 is 9.18 Å². The van der Waals surface area contributed by atoms with Gasteiger partial charge < -0.3 is 5.32 Å². The first kappa shape index (κ1) is 16.8. The number of para-hydroxylation sites is 1. The number of fused-ring (bicyclic) bond motifs is 1. The van der Waals surface area contributed by atoms with Gasteiger partial charge >= 0.3 is 0 Å². The average Bonchev–Trinajstić information content (AvgIpc) is 2.61. The summed E-state index contributed by atoms with van der Waals surface area (Å²) in [4.78, 5) is 28.7. The van der Waals surface area contributed by atoms with Crippen molar-refractivity contribution in [2.45, 2.75) is 26.4 Å². The maximum atomic E-state index is 12.8. The molecule has 0 aliphatic carbocycles. The lowest BCUT2D eigenvalue weighted by Gasteiger charge is -2.08. The van der Waals surface area contributed by atoms with E-state index in [1.165, 1.54) is 23.0 Å². The number of aryl methyl sites for hydroxylation is 2. The fourth-order valence-corrected chi connectivity index (χ4v) is 2.61. The Balaban J connectivity index is 1.62. The van der Waals surface area contributed by atoms with Crippen LogP contribution in [0.4, 0.5) is 4.39 Å². The molecule has 0 saturated carbocycles. The lowest BCUT2D eigenvalue weighted by atomic mass is 10.1. The number of benzene rings is 2. The van der Waals surface area contributed by atoms with Gasteiger partial charge in [0.2, 0.25) is 5.91 Å². The Hall–Kier alpha value is -3.02. The van der Waals surface area contributed by atoms with Crippen molar-refractivity contribution in [3.63, 3.8) is 0 Å². The highest BCUT2D eigenvalue weighted by molar-refractivity contribution is 5.80. The molecule has 3 rings (SSSR count). The Morgan fingerprint density at radius 1 is 1.20 bits per heavy atom. The predicted octanol–water partition coefficient (Wildman–Crippen LogP) is 2.55. The standard InChI is InChI=1S/C19H18FN3O2/c1-13-3-2-4-16-18(13)22-12-23(19(16)25)10-9-17(24)21-11-14-5-7-15(20)8-6-14/h2-8,12H,9-11H2,1H3,(H,21,24). The van der Waals surface area contributed by atoms with Gasteiger partial charge in [0.05, 0.1) is 17.2 Å². The van der Waals surface area contributed by atoms with Crippen LogP contribution in [0.2, 0.25) is 0 Å². The van der Waals surface area contributed by atoms with E-state index >= 15 is 0 Å². The minimum atomic E-state index is -0.312. The van der Waals surface area contributed by atoms with Gasteiger partial charge in [-0.3, -0.25) is 14.2 Å². The number of hydrogen-bond acceptors (Lipinski definition) is 3. The molecule has 1 heterocycles. The van der Waals surface area contributed by atoms with E-state index in [0.29, 0.717) is 17.4 Å². The summed E-state index contributed by atoms with van der Waals surface area (Å²) in [6, 6.07) is 11.4. The SMILES string of the molecule is Cc1cccc2c(=O)n(CCC(=O)NCc3ccc(F)cc3)cnc12. The van der Waals surface area contributed by atoms with Crippen LogP contribution in [0.1, 0.15) is 17.5 Å². The van der Waals surface area contributed by atoms with Gasteiger partial charge in [0.25, 0.3) is 5.56 Å². The van der Waals surface area contributed by atoms with E-state index in [4.69, 9.17) is 0 Å². The third-order valence-corrected chi connectivity index (χ3v) is 4.04. The molecule has 0 spiro atoms. The summed E-state index contributed by atoms with van der Waals surface area (Å²) < 4.78 is 14.3. The number of halogens is 1. The highest BCUT2D eigenvalue weighted by atomic mass is 19.1. The van der Waals surface area contributed by atoms with E-state index in [0.717, 1.165) is 11.1 Å². The molecule has 1 amide bonds. The minimum absolute atomic E-state index is 0.153. The van der Waals surface area contributed by atoms with E-state index in [2.05, 4.69) is 10.3 Å². The lowest BCUT2D eigenvalue weighted by molar-refractivity contribution is -0.121. The highest BCUT2D eigenvalue weighted by Crippen LogP contribution is 2.11. The number of aromatic nitrogens is 2. The van der Waals surface area contributed by atoms with Gasteiger partial charge in [-0.1, -0.05) is 24.3 Å². The van der Waals surface area contributed by atoms with Crippen LogP contribution in [0, 0.1) is 12.7 Å². The lowest BCUT2D eigenvalue weighted by Crippen LogP contribution is -2.27. The van der Waals surface area contributed by atoms with Crippen molar-refractivity contribution in [3.8, 4) is 0 Å². The van der Waals surface area contributed by atoms with Crippen molar-refractivity contribution in [3.05, 3.63) is 76.1 Å². The molecule has 3 aromatic rings. The monoisotopic (exact) mass is 339 g/mol. The van der Waals surface area contributed by atoms with Crippen LogP contribution in [0.3, 0.4) is 0 Å². The second kappa shape index (κ2) is 7.25. The Morgan fingerprint density at radius 2 is 1.96 bits per heavy atom. The Kier molecular flexibility index (Phi) is 4.88. The van der Waals surface area contributed by atoms with Crippen LogP contribution in [0.25, 0.3) is 10.9 Å². The summed E-state index contributed by atoms with van der Waals surface area (Å²) in [5.74, 6) is -0.492. The molecule has 0 unspecified atom stereocenters. The van der Waals surface area contributed by atoms with Gasteiger partial charge in [-0.2, -0.15) is 0 Å². The number of amides is 1. The summed E-state index contributed by atoms with van der Waals surface area (Å²) in [6.45, 7) is 2.48. The van der Waals surface area contributed by atoms with Crippen LogP contribution in [0.5, 0.6) is 0 Å². The molecule has 5 nitrogen and oxygen atoms in total. The van der Waals surface area contributed by atoms with Gasteiger partial charge in [0, 0.05) is 19.5 Å². The summed E-state index contributed by atoms with van der Waals surface area (Å²) in [5, 5.41) is 3.31. The van der Waals surface area contributed by atoms with Crippen molar-refractivity contribution in [1.29, 1.82) is 0 Å². The Morgan fingerprint density at radius 3 is 2.72 bits per heavy atom. The van der Waals surface area contributed by atoms with Crippen LogP contribution >= 0.6 is 0 Å². The molecule has 0 radical (unpaired) electrons. The number of hydrogen-bond donors (Lipinski definition) is 1. The van der Waals surface area contributed by atoms with Crippen LogP contribution in [-0.4, -0.2) is 15.5 Å². The molecule has 0 fully saturated rings. The van der Waals surface area contributed by atoms with Gasteiger partial charge in [-0.05, 0) is 36.2 Å². The molecule has 6 heteroatoms. The quantitative estimate of drug-likeness (QED) is 0.777. The third-order valence-electron chi connectivity index (χ3n) is 4.04. The second-order valence-corrected chi connectivity index (χ2v) is 5.87. The fraction of sp³-hybridized carbons (Fsp3) is 0.211.